The molecule has 0 radical (unpaired) electrons. The number of carboxylic acid groups (broad SMARTS) is 1. The molecule has 1 saturated heterocycles. The third kappa shape index (κ3) is 4.11. The van der Waals surface area contributed by atoms with Gasteiger partial charge in [0, 0.05) is 34.2 Å². The van der Waals surface area contributed by atoms with E-state index in [9.17, 15) is 14.4 Å². The number of carbonyl (C=O) groups excluding carboxylic acids is 2. The molecule has 0 aromatic rings. The number of likely N-dealkylation sites (N-methyl/N-ethyl adjacent to an activating group) is 2. The summed E-state index contributed by atoms with van der Waals surface area (Å²) >= 11 is 0. The fourth-order valence-electron chi connectivity index (χ4n) is 1.97. The number of aliphatic carboxylic acids is 1. The Morgan fingerprint density at radius 3 is 2.11 bits per heavy atom. The van der Waals surface area contributed by atoms with Crippen LogP contribution < -0.4 is 0 Å². The second-order valence-electron chi connectivity index (χ2n) is 5.03. The standard InChI is InChI=1S/C12H21N3O4/c1-13(2)10(16)8-14(3)12(19)15-6-4-9(5-7-15)11(17)18/h9H,4-8H2,1-3H3,(H,17,18). The highest BCUT2D eigenvalue weighted by Crippen LogP contribution is 2.18. The topological polar surface area (TPSA) is 81.2 Å². The fourth-order valence-corrected chi connectivity index (χ4v) is 1.97. The van der Waals surface area contributed by atoms with Gasteiger partial charge in [0.15, 0.2) is 0 Å². The molecule has 0 aliphatic carbocycles. The van der Waals surface area contributed by atoms with E-state index in [1.165, 1.54) is 9.80 Å². The van der Waals surface area contributed by atoms with Gasteiger partial charge in [0.2, 0.25) is 5.91 Å². The summed E-state index contributed by atoms with van der Waals surface area (Å²) in [6, 6.07) is -0.223. The number of amides is 3. The highest BCUT2D eigenvalue weighted by atomic mass is 16.4. The maximum atomic E-state index is 12.1. The van der Waals surface area contributed by atoms with Crippen LogP contribution in [0.2, 0.25) is 0 Å². The lowest BCUT2D eigenvalue weighted by molar-refractivity contribution is -0.143. The van der Waals surface area contributed by atoms with Crippen molar-refractivity contribution in [2.24, 2.45) is 5.92 Å². The first-order valence-electron chi connectivity index (χ1n) is 6.26. The minimum absolute atomic E-state index is 0.0324. The van der Waals surface area contributed by atoms with Crippen molar-refractivity contribution in [1.29, 1.82) is 0 Å². The summed E-state index contributed by atoms with van der Waals surface area (Å²) in [5.74, 6) is -1.31. The molecule has 0 atom stereocenters. The van der Waals surface area contributed by atoms with Crippen molar-refractivity contribution in [2.75, 3.05) is 40.8 Å². The smallest absolute Gasteiger partial charge is 0.320 e. The van der Waals surface area contributed by atoms with Crippen LogP contribution >= 0.6 is 0 Å². The van der Waals surface area contributed by atoms with Gasteiger partial charge in [-0.15, -0.1) is 0 Å². The number of hydrogen-bond donors (Lipinski definition) is 1. The highest BCUT2D eigenvalue weighted by Gasteiger charge is 2.28. The number of nitrogens with zero attached hydrogens (tertiary/aromatic N) is 3. The SMILES string of the molecule is CN(C)C(=O)CN(C)C(=O)N1CCC(C(=O)O)CC1. The quantitative estimate of drug-likeness (QED) is 0.778. The zero-order chi connectivity index (χ0) is 14.6. The van der Waals surface area contributed by atoms with E-state index in [0.29, 0.717) is 25.9 Å². The maximum Gasteiger partial charge on any atom is 0.320 e. The molecule has 1 fully saturated rings. The van der Waals surface area contributed by atoms with Crippen LogP contribution in [0.1, 0.15) is 12.8 Å². The molecule has 1 N–H and O–H groups in total. The number of hydrogen-bond acceptors (Lipinski definition) is 3. The predicted octanol–water partition coefficient (Wildman–Crippen LogP) is -0.0770. The average Bonchev–Trinajstić information content (AvgIpc) is 2.37. The predicted molar refractivity (Wildman–Crippen MR) is 68.7 cm³/mol. The van der Waals surface area contributed by atoms with E-state index in [-0.39, 0.29) is 24.4 Å². The van der Waals surface area contributed by atoms with Crippen LogP contribution in [0.25, 0.3) is 0 Å². The van der Waals surface area contributed by atoms with Gasteiger partial charge < -0.3 is 19.8 Å². The van der Waals surface area contributed by atoms with Gasteiger partial charge in [-0.3, -0.25) is 9.59 Å². The zero-order valence-corrected chi connectivity index (χ0v) is 11.6. The van der Waals surface area contributed by atoms with Crippen molar-refractivity contribution in [3.05, 3.63) is 0 Å². The van der Waals surface area contributed by atoms with E-state index in [0.717, 1.165) is 0 Å². The zero-order valence-electron chi connectivity index (χ0n) is 11.6. The molecule has 0 aromatic carbocycles. The number of piperidine rings is 1. The van der Waals surface area contributed by atoms with Crippen molar-refractivity contribution < 1.29 is 19.5 Å². The Labute approximate surface area is 112 Å². The van der Waals surface area contributed by atoms with Gasteiger partial charge in [0.05, 0.1) is 5.92 Å². The van der Waals surface area contributed by atoms with E-state index in [1.807, 2.05) is 0 Å². The molecule has 0 saturated carbocycles. The van der Waals surface area contributed by atoms with Crippen LogP contribution in [-0.4, -0.2) is 78.5 Å². The van der Waals surface area contributed by atoms with Crippen molar-refractivity contribution in [1.82, 2.24) is 14.7 Å². The van der Waals surface area contributed by atoms with Gasteiger partial charge in [-0.2, -0.15) is 0 Å². The van der Waals surface area contributed by atoms with Gasteiger partial charge in [0.1, 0.15) is 6.54 Å². The molecule has 19 heavy (non-hydrogen) atoms. The number of carbonyl (C=O) groups is 3. The first-order chi connectivity index (χ1) is 8.82. The van der Waals surface area contributed by atoms with Crippen molar-refractivity contribution in [3.8, 4) is 0 Å². The van der Waals surface area contributed by atoms with E-state index in [1.54, 1.807) is 26.0 Å². The van der Waals surface area contributed by atoms with E-state index >= 15 is 0 Å². The molecule has 0 unspecified atom stereocenters. The van der Waals surface area contributed by atoms with Crippen LogP contribution in [0.15, 0.2) is 0 Å². The van der Waals surface area contributed by atoms with Gasteiger partial charge in [-0.1, -0.05) is 0 Å². The summed E-state index contributed by atoms with van der Waals surface area (Å²) in [6.45, 7) is 0.886. The largest absolute Gasteiger partial charge is 0.481 e. The van der Waals surface area contributed by atoms with Gasteiger partial charge in [-0.05, 0) is 12.8 Å². The van der Waals surface area contributed by atoms with E-state index in [4.69, 9.17) is 5.11 Å². The molecule has 0 bridgehead atoms. The molecular formula is C12H21N3O4. The Balaban J connectivity index is 2.46. The van der Waals surface area contributed by atoms with E-state index in [2.05, 4.69) is 0 Å². The van der Waals surface area contributed by atoms with Gasteiger partial charge >= 0.3 is 12.0 Å². The fraction of sp³-hybridized carbons (Fsp3) is 0.750. The van der Waals surface area contributed by atoms with Crippen LogP contribution in [0.4, 0.5) is 4.79 Å². The molecule has 108 valence electrons. The average molecular weight is 271 g/mol. The third-order valence-electron chi connectivity index (χ3n) is 3.31. The first-order valence-corrected chi connectivity index (χ1v) is 6.26. The summed E-state index contributed by atoms with van der Waals surface area (Å²) in [6.07, 6.45) is 0.938. The molecule has 3 amide bonds. The number of likely N-dealkylation sites (tertiary alicyclic amines) is 1. The summed E-state index contributed by atoms with van der Waals surface area (Å²) in [5.41, 5.74) is 0. The molecule has 7 nitrogen and oxygen atoms in total. The Bertz CT molecular complexity index is 362. The van der Waals surface area contributed by atoms with Gasteiger partial charge in [-0.25, -0.2) is 4.79 Å². The first kappa shape index (κ1) is 15.3. The molecule has 0 spiro atoms. The van der Waals surface area contributed by atoms with Crippen molar-refractivity contribution in [2.45, 2.75) is 12.8 Å². The molecule has 7 heteroatoms. The second kappa shape index (κ2) is 6.40. The molecule has 1 rings (SSSR count). The molecular weight excluding hydrogens is 250 g/mol. The molecule has 1 aliphatic heterocycles. The number of urea groups is 1. The lowest BCUT2D eigenvalue weighted by Gasteiger charge is -2.33. The Morgan fingerprint density at radius 1 is 1.16 bits per heavy atom. The lowest BCUT2D eigenvalue weighted by Crippen LogP contribution is -2.48. The number of carboxylic acids is 1. The summed E-state index contributed by atoms with van der Waals surface area (Å²) in [4.78, 5) is 38.8. The summed E-state index contributed by atoms with van der Waals surface area (Å²) in [5, 5.41) is 8.89. The minimum Gasteiger partial charge on any atom is -0.481 e. The Morgan fingerprint density at radius 2 is 1.68 bits per heavy atom. The van der Waals surface area contributed by atoms with Crippen LogP contribution in [0.3, 0.4) is 0 Å². The molecule has 1 heterocycles. The van der Waals surface area contributed by atoms with Crippen molar-refractivity contribution in [3.63, 3.8) is 0 Å². The summed E-state index contributed by atoms with van der Waals surface area (Å²) < 4.78 is 0. The normalized spacial score (nSPS) is 16.1. The third-order valence-corrected chi connectivity index (χ3v) is 3.31. The Hall–Kier alpha value is -1.79. The second-order valence-corrected chi connectivity index (χ2v) is 5.03. The van der Waals surface area contributed by atoms with Crippen molar-refractivity contribution >= 4 is 17.9 Å². The van der Waals surface area contributed by atoms with Gasteiger partial charge in [0.25, 0.3) is 0 Å². The lowest BCUT2D eigenvalue weighted by atomic mass is 9.97. The maximum absolute atomic E-state index is 12.1. The monoisotopic (exact) mass is 271 g/mol. The summed E-state index contributed by atoms with van der Waals surface area (Å²) in [7, 11) is 4.85. The number of rotatable bonds is 3. The molecule has 0 aromatic heterocycles. The minimum atomic E-state index is -0.803. The molecule has 1 aliphatic rings. The van der Waals surface area contributed by atoms with Crippen LogP contribution in [0.5, 0.6) is 0 Å². The van der Waals surface area contributed by atoms with Crippen LogP contribution in [0, 0.1) is 5.92 Å². The van der Waals surface area contributed by atoms with Crippen LogP contribution in [-0.2, 0) is 9.59 Å². The Kier molecular flexibility index (Phi) is 5.14. The van der Waals surface area contributed by atoms with E-state index < -0.39 is 5.97 Å². The highest BCUT2D eigenvalue weighted by molar-refractivity contribution is 5.83.